The minimum atomic E-state index is -0.597. The Bertz CT molecular complexity index is 681. The number of benzene rings is 1. The molecule has 0 aromatic heterocycles. The molecule has 1 aromatic carbocycles. The lowest BCUT2D eigenvalue weighted by Gasteiger charge is -2.37. The third-order valence-electron chi connectivity index (χ3n) is 5.25. The molecule has 2 amide bonds. The van der Waals surface area contributed by atoms with Crippen molar-refractivity contribution >= 4 is 11.8 Å². The minimum Gasteiger partial charge on any atom is -0.481 e. The average Bonchev–Trinajstić information content (AvgIpc) is 3.22. The smallest absolute Gasteiger partial charge is 0.263 e. The molecule has 1 aliphatic heterocycles. The van der Waals surface area contributed by atoms with Gasteiger partial charge in [-0.05, 0) is 44.0 Å². The van der Waals surface area contributed by atoms with E-state index in [-0.39, 0.29) is 17.7 Å². The van der Waals surface area contributed by atoms with E-state index in [9.17, 15) is 9.59 Å². The van der Waals surface area contributed by atoms with Crippen molar-refractivity contribution in [1.82, 2.24) is 9.80 Å². The second-order valence-electron chi connectivity index (χ2n) is 7.03. The van der Waals surface area contributed by atoms with E-state index in [4.69, 9.17) is 10.00 Å². The highest BCUT2D eigenvalue weighted by Gasteiger charge is 2.31. The number of hydrogen-bond acceptors (Lipinski definition) is 4. The summed E-state index contributed by atoms with van der Waals surface area (Å²) in [4.78, 5) is 28.8. The summed E-state index contributed by atoms with van der Waals surface area (Å²) in [5.74, 6) is 0.953. The molecule has 2 aliphatic rings. The summed E-state index contributed by atoms with van der Waals surface area (Å²) in [6.07, 6.45) is 3.72. The highest BCUT2D eigenvalue weighted by molar-refractivity contribution is 5.82. The second-order valence-corrected chi connectivity index (χ2v) is 7.03. The van der Waals surface area contributed by atoms with E-state index in [1.54, 1.807) is 36.1 Å². The number of ether oxygens (including phenoxy) is 1. The molecule has 1 unspecified atom stereocenters. The topological polar surface area (TPSA) is 73.6 Å². The van der Waals surface area contributed by atoms with Crippen LogP contribution in [0.3, 0.4) is 0 Å². The lowest BCUT2D eigenvalue weighted by molar-refractivity contribution is -0.145. The third-order valence-corrected chi connectivity index (χ3v) is 5.25. The van der Waals surface area contributed by atoms with Crippen molar-refractivity contribution in [1.29, 1.82) is 5.26 Å². The molecule has 1 heterocycles. The van der Waals surface area contributed by atoms with Crippen molar-refractivity contribution in [3.05, 3.63) is 29.8 Å². The summed E-state index contributed by atoms with van der Waals surface area (Å²) in [7, 11) is 0. The number of carbonyl (C=O) groups is 2. The van der Waals surface area contributed by atoms with Crippen LogP contribution in [0.25, 0.3) is 0 Å². The van der Waals surface area contributed by atoms with Gasteiger partial charge in [0, 0.05) is 32.1 Å². The number of hydrogen-bond donors (Lipinski definition) is 0. The van der Waals surface area contributed by atoms with Gasteiger partial charge >= 0.3 is 0 Å². The van der Waals surface area contributed by atoms with Crippen LogP contribution in [0.15, 0.2) is 24.3 Å². The maximum Gasteiger partial charge on any atom is 0.263 e. The summed E-state index contributed by atoms with van der Waals surface area (Å²) in [6, 6.07) is 8.78. The lowest BCUT2D eigenvalue weighted by Crippen LogP contribution is -2.54. The number of nitriles is 1. The van der Waals surface area contributed by atoms with Crippen LogP contribution in [0.1, 0.15) is 38.2 Å². The van der Waals surface area contributed by atoms with Crippen molar-refractivity contribution < 1.29 is 14.3 Å². The highest BCUT2D eigenvalue weighted by atomic mass is 16.5. The van der Waals surface area contributed by atoms with E-state index in [1.807, 2.05) is 4.90 Å². The van der Waals surface area contributed by atoms with Gasteiger partial charge in [0.05, 0.1) is 11.6 Å². The monoisotopic (exact) mass is 355 g/mol. The van der Waals surface area contributed by atoms with Crippen LogP contribution in [-0.2, 0) is 9.59 Å². The lowest BCUT2D eigenvalue weighted by atomic mass is 10.1. The Morgan fingerprint density at radius 1 is 1.08 bits per heavy atom. The number of carbonyl (C=O) groups excluding carboxylic acids is 2. The van der Waals surface area contributed by atoms with Crippen molar-refractivity contribution in [3.8, 4) is 11.8 Å². The van der Waals surface area contributed by atoms with Crippen LogP contribution >= 0.6 is 0 Å². The third kappa shape index (κ3) is 4.16. The Morgan fingerprint density at radius 2 is 1.65 bits per heavy atom. The fourth-order valence-electron chi connectivity index (χ4n) is 3.70. The molecule has 0 radical (unpaired) electrons. The zero-order valence-corrected chi connectivity index (χ0v) is 15.2. The summed E-state index contributed by atoms with van der Waals surface area (Å²) in [5, 5.41) is 8.82. The normalized spacial score (nSPS) is 19.1. The number of rotatable bonds is 4. The van der Waals surface area contributed by atoms with Gasteiger partial charge in [0.25, 0.3) is 5.91 Å². The first-order valence-corrected chi connectivity index (χ1v) is 9.33. The minimum absolute atomic E-state index is 0.0673. The number of amides is 2. The van der Waals surface area contributed by atoms with Gasteiger partial charge in [-0.3, -0.25) is 9.59 Å². The second kappa shape index (κ2) is 8.22. The molecule has 0 bridgehead atoms. The number of piperazine rings is 1. The Morgan fingerprint density at radius 3 is 2.23 bits per heavy atom. The van der Waals surface area contributed by atoms with E-state index in [1.165, 1.54) is 0 Å². The van der Waals surface area contributed by atoms with E-state index < -0.39 is 6.10 Å². The van der Waals surface area contributed by atoms with Crippen LogP contribution in [-0.4, -0.2) is 53.9 Å². The highest BCUT2D eigenvalue weighted by Crippen LogP contribution is 2.27. The van der Waals surface area contributed by atoms with E-state index in [2.05, 4.69) is 6.07 Å². The predicted octanol–water partition coefficient (Wildman–Crippen LogP) is 2.19. The van der Waals surface area contributed by atoms with Crippen molar-refractivity contribution in [3.63, 3.8) is 0 Å². The van der Waals surface area contributed by atoms with Gasteiger partial charge in [-0.15, -0.1) is 0 Å². The van der Waals surface area contributed by atoms with Crippen LogP contribution in [0.4, 0.5) is 0 Å². The fourth-order valence-corrected chi connectivity index (χ4v) is 3.70. The van der Waals surface area contributed by atoms with Crippen LogP contribution in [0.5, 0.6) is 5.75 Å². The van der Waals surface area contributed by atoms with Crippen LogP contribution < -0.4 is 4.74 Å². The molecule has 1 saturated carbocycles. The standard InChI is InChI=1S/C20H25N3O3/c1-15(26-18-8-6-16(14-21)7-9-18)19(24)22-10-12-23(13-11-22)20(25)17-4-2-3-5-17/h6-9,15,17H,2-5,10-13H2,1H3. The van der Waals surface area contributed by atoms with E-state index >= 15 is 0 Å². The molecule has 1 aliphatic carbocycles. The van der Waals surface area contributed by atoms with Gasteiger partial charge in [-0.25, -0.2) is 0 Å². The molecular weight excluding hydrogens is 330 g/mol. The molecule has 6 heteroatoms. The fraction of sp³-hybridized carbons (Fsp3) is 0.550. The predicted molar refractivity (Wildman–Crippen MR) is 96.4 cm³/mol. The SMILES string of the molecule is CC(Oc1ccc(C#N)cc1)C(=O)N1CCN(C(=O)C2CCCC2)CC1. The summed E-state index contributed by atoms with van der Waals surface area (Å²) in [6.45, 7) is 4.04. The largest absolute Gasteiger partial charge is 0.481 e. The Kier molecular flexibility index (Phi) is 5.77. The van der Waals surface area contributed by atoms with Crippen molar-refractivity contribution in [2.75, 3.05) is 26.2 Å². The van der Waals surface area contributed by atoms with Crippen molar-refractivity contribution in [2.45, 2.75) is 38.7 Å². The van der Waals surface area contributed by atoms with E-state index in [0.29, 0.717) is 37.5 Å². The summed E-state index contributed by atoms with van der Waals surface area (Å²) >= 11 is 0. The van der Waals surface area contributed by atoms with Gasteiger partial charge < -0.3 is 14.5 Å². The zero-order chi connectivity index (χ0) is 18.5. The summed E-state index contributed by atoms with van der Waals surface area (Å²) < 4.78 is 5.70. The first kappa shape index (κ1) is 18.2. The molecule has 0 spiro atoms. The zero-order valence-electron chi connectivity index (χ0n) is 15.2. The Hall–Kier alpha value is -2.55. The molecule has 26 heavy (non-hydrogen) atoms. The van der Waals surface area contributed by atoms with Crippen molar-refractivity contribution in [2.24, 2.45) is 5.92 Å². The number of nitrogens with zero attached hydrogens (tertiary/aromatic N) is 3. The molecule has 3 rings (SSSR count). The first-order valence-electron chi connectivity index (χ1n) is 9.33. The maximum atomic E-state index is 12.6. The molecule has 0 N–H and O–H groups in total. The molecule has 1 atom stereocenters. The Labute approximate surface area is 154 Å². The van der Waals surface area contributed by atoms with Gasteiger partial charge in [0.2, 0.25) is 5.91 Å². The Balaban J connectivity index is 1.49. The molecule has 138 valence electrons. The average molecular weight is 355 g/mol. The molecule has 1 aromatic rings. The van der Waals surface area contributed by atoms with Crippen LogP contribution in [0, 0.1) is 17.2 Å². The molecule has 1 saturated heterocycles. The molecular formula is C20H25N3O3. The molecule has 2 fully saturated rings. The van der Waals surface area contributed by atoms with Gasteiger partial charge in [0.15, 0.2) is 6.10 Å². The van der Waals surface area contributed by atoms with Gasteiger partial charge in [-0.1, -0.05) is 12.8 Å². The van der Waals surface area contributed by atoms with Gasteiger partial charge in [-0.2, -0.15) is 5.26 Å². The quantitative estimate of drug-likeness (QED) is 0.830. The molecule has 6 nitrogen and oxygen atoms in total. The van der Waals surface area contributed by atoms with Crippen LogP contribution in [0.2, 0.25) is 0 Å². The van der Waals surface area contributed by atoms with E-state index in [0.717, 1.165) is 25.7 Å². The summed E-state index contributed by atoms with van der Waals surface area (Å²) in [5.41, 5.74) is 0.555. The van der Waals surface area contributed by atoms with Gasteiger partial charge in [0.1, 0.15) is 5.75 Å². The maximum absolute atomic E-state index is 12.6. The first-order chi connectivity index (χ1) is 12.6.